The van der Waals surface area contributed by atoms with Crippen molar-refractivity contribution in [1.29, 1.82) is 0 Å². The molecule has 0 aromatic heterocycles. The van der Waals surface area contributed by atoms with Crippen molar-refractivity contribution < 1.29 is 28.2 Å². The summed E-state index contributed by atoms with van der Waals surface area (Å²) in [5.41, 5.74) is -0.798. The Morgan fingerprint density at radius 3 is 2.33 bits per heavy atom. The molecule has 24 heavy (non-hydrogen) atoms. The van der Waals surface area contributed by atoms with Crippen LogP contribution in [0.25, 0.3) is 0 Å². The van der Waals surface area contributed by atoms with E-state index in [2.05, 4.69) is 5.32 Å². The monoisotopic (exact) mass is 343 g/mol. The van der Waals surface area contributed by atoms with Crippen LogP contribution in [0.4, 0.5) is 8.78 Å². The van der Waals surface area contributed by atoms with Crippen LogP contribution < -0.4 is 5.32 Å². The van der Waals surface area contributed by atoms with Gasteiger partial charge in [0.25, 0.3) is 0 Å². The fraction of sp³-hybridized carbons (Fsp3) is 0.529. The lowest BCUT2D eigenvalue weighted by Gasteiger charge is -2.27. The van der Waals surface area contributed by atoms with Crippen molar-refractivity contribution in [3.05, 3.63) is 35.4 Å². The van der Waals surface area contributed by atoms with Gasteiger partial charge in [0.2, 0.25) is 5.91 Å². The summed E-state index contributed by atoms with van der Waals surface area (Å²) in [7, 11) is 1.42. The second-order valence-corrected chi connectivity index (χ2v) is 5.72. The molecule has 1 unspecified atom stereocenters. The highest BCUT2D eigenvalue weighted by molar-refractivity contribution is 5.85. The van der Waals surface area contributed by atoms with Crippen molar-refractivity contribution in [3.63, 3.8) is 0 Å². The van der Waals surface area contributed by atoms with E-state index < -0.39 is 35.0 Å². The van der Waals surface area contributed by atoms with E-state index in [1.165, 1.54) is 13.2 Å². The van der Waals surface area contributed by atoms with Crippen LogP contribution in [0.2, 0.25) is 0 Å². The van der Waals surface area contributed by atoms with Gasteiger partial charge in [0.05, 0.1) is 18.1 Å². The Kier molecular flexibility index (Phi) is 7.28. The van der Waals surface area contributed by atoms with Crippen molar-refractivity contribution in [2.45, 2.75) is 39.2 Å². The van der Waals surface area contributed by atoms with Crippen molar-refractivity contribution in [2.24, 2.45) is 5.41 Å². The molecule has 1 rings (SSSR count). The molecule has 0 aliphatic carbocycles. The largest absolute Gasteiger partial charge is 0.481 e. The molecule has 5 nitrogen and oxygen atoms in total. The standard InChI is InChI=1S/C17H23F2NO4/c1-4-17(5-2,16(22)23)9-15(21)20-14(10-24-3)11-6-7-12(18)13(19)8-11/h6-8,14H,4-5,9-10H2,1-3H3,(H,20,21)(H,22,23). The quantitative estimate of drug-likeness (QED) is 0.723. The number of carbonyl (C=O) groups is 2. The summed E-state index contributed by atoms with van der Waals surface area (Å²) in [4.78, 5) is 23.8. The third-order valence-electron chi connectivity index (χ3n) is 4.32. The minimum atomic E-state index is -1.14. The minimum Gasteiger partial charge on any atom is -0.481 e. The zero-order valence-corrected chi connectivity index (χ0v) is 14.1. The van der Waals surface area contributed by atoms with Gasteiger partial charge in [-0.3, -0.25) is 9.59 Å². The Balaban J connectivity index is 2.93. The lowest BCUT2D eigenvalue weighted by Crippen LogP contribution is -2.39. The van der Waals surface area contributed by atoms with E-state index in [1.54, 1.807) is 13.8 Å². The maximum Gasteiger partial charge on any atom is 0.310 e. The highest BCUT2D eigenvalue weighted by Gasteiger charge is 2.37. The first-order chi connectivity index (χ1) is 11.3. The van der Waals surface area contributed by atoms with E-state index >= 15 is 0 Å². The van der Waals surface area contributed by atoms with Gasteiger partial charge >= 0.3 is 5.97 Å². The highest BCUT2D eigenvalue weighted by Crippen LogP contribution is 2.31. The van der Waals surface area contributed by atoms with Gasteiger partial charge in [-0.1, -0.05) is 19.9 Å². The van der Waals surface area contributed by atoms with Crippen molar-refractivity contribution in [2.75, 3.05) is 13.7 Å². The minimum absolute atomic E-state index is 0.0507. The molecule has 0 saturated heterocycles. The van der Waals surface area contributed by atoms with E-state index in [0.717, 1.165) is 12.1 Å². The Morgan fingerprint density at radius 1 is 1.25 bits per heavy atom. The molecule has 0 radical (unpaired) electrons. The van der Waals surface area contributed by atoms with E-state index in [9.17, 15) is 23.5 Å². The molecule has 0 spiro atoms. The summed E-state index contributed by atoms with van der Waals surface area (Å²) < 4.78 is 31.5. The first-order valence-electron chi connectivity index (χ1n) is 7.76. The summed E-state index contributed by atoms with van der Waals surface area (Å²) >= 11 is 0. The number of carbonyl (C=O) groups excluding carboxylic acids is 1. The van der Waals surface area contributed by atoms with Gasteiger partial charge in [0.15, 0.2) is 11.6 Å². The molecule has 0 saturated carbocycles. The van der Waals surface area contributed by atoms with Crippen LogP contribution in [-0.4, -0.2) is 30.7 Å². The fourth-order valence-corrected chi connectivity index (χ4v) is 2.55. The maximum atomic E-state index is 13.4. The van der Waals surface area contributed by atoms with Crippen LogP contribution in [0.5, 0.6) is 0 Å². The number of aliphatic carboxylic acids is 1. The van der Waals surface area contributed by atoms with Gasteiger partial charge < -0.3 is 15.2 Å². The Morgan fingerprint density at radius 2 is 1.88 bits per heavy atom. The smallest absolute Gasteiger partial charge is 0.310 e. The second kappa shape index (κ2) is 8.73. The summed E-state index contributed by atoms with van der Waals surface area (Å²) in [5.74, 6) is -3.51. The number of amides is 1. The van der Waals surface area contributed by atoms with Crippen LogP contribution in [0.3, 0.4) is 0 Å². The lowest BCUT2D eigenvalue weighted by atomic mass is 9.79. The molecule has 7 heteroatoms. The fourth-order valence-electron chi connectivity index (χ4n) is 2.55. The van der Waals surface area contributed by atoms with E-state index in [1.807, 2.05) is 0 Å². The highest BCUT2D eigenvalue weighted by atomic mass is 19.2. The normalized spacial score (nSPS) is 12.7. The summed E-state index contributed by atoms with van der Waals surface area (Å²) in [6, 6.07) is 2.62. The SMILES string of the molecule is CCC(CC)(CC(=O)NC(COC)c1ccc(F)c(F)c1)C(=O)O. The molecule has 1 amide bonds. The molecule has 0 aliphatic rings. The first kappa shape index (κ1) is 20.0. The van der Waals surface area contributed by atoms with E-state index in [4.69, 9.17) is 4.74 Å². The Labute approximate surface area is 140 Å². The topological polar surface area (TPSA) is 75.6 Å². The van der Waals surface area contributed by atoms with Crippen LogP contribution in [-0.2, 0) is 14.3 Å². The number of benzene rings is 1. The third-order valence-corrected chi connectivity index (χ3v) is 4.32. The van der Waals surface area contributed by atoms with Gasteiger partial charge in [-0.2, -0.15) is 0 Å². The molecule has 1 atom stereocenters. The summed E-state index contributed by atoms with van der Waals surface area (Å²) in [6.07, 6.45) is 0.429. The van der Waals surface area contributed by atoms with Gasteiger partial charge in [0, 0.05) is 13.5 Å². The summed E-state index contributed by atoms with van der Waals surface area (Å²) in [5, 5.41) is 12.0. The van der Waals surface area contributed by atoms with Gasteiger partial charge in [-0.05, 0) is 30.5 Å². The molecule has 0 heterocycles. The molecular weight excluding hydrogens is 320 g/mol. The predicted octanol–water partition coefficient (Wildman–Crippen LogP) is 3.05. The molecule has 2 N–H and O–H groups in total. The van der Waals surface area contributed by atoms with E-state index in [-0.39, 0.29) is 13.0 Å². The molecule has 1 aromatic carbocycles. The number of nitrogens with one attached hydrogen (secondary N) is 1. The van der Waals surface area contributed by atoms with Gasteiger partial charge in [0.1, 0.15) is 0 Å². The number of hydrogen-bond acceptors (Lipinski definition) is 3. The number of methoxy groups -OCH3 is 1. The molecule has 134 valence electrons. The van der Waals surface area contributed by atoms with Crippen molar-refractivity contribution in [1.82, 2.24) is 5.32 Å². The lowest BCUT2D eigenvalue weighted by molar-refractivity contribution is -0.152. The Hall–Kier alpha value is -2.02. The average Bonchev–Trinajstić information content (AvgIpc) is 2.54. The van der Waals surface area contributed by atoms with Crippen LogP contribution in [0.1, 0.15) is 44.7 Å². The number of hydrogen-bond donors (Lipinski definition) is 2. The zero-order chi connectivity index (χ0) is 18.3. The number of halogens is 2. The van der Waals surface area contributed by atoms with Gasteiger partial charge in [-0.15, -0.1) is 0 Å². The van der Waals surface area contributed by atoms with Gasteiger partial charge in [-0.25, -0.2) is 8.78 Å². The average molecular weight is 343 g/mol. The van der Waals surface area contributed by atoms with Crippen molar-refractivity contribution >= 4 is 11.9 Å². The van der Waals surface area contributed by atoms with Crippen LogP contribution >= 0.6 is 0 Å². The zero-order valence-electron chi connectivity index (χ0n) is 14.1. The predicted molar refractivity (Wildman–Crippen MR) is 84.4 cm³/mol. The first-order valence-corrected chi connectivity index (χ1v) is 7.76. The second-order valence-electron chi connectivity index (χ2n) is 5.72. The Bertz CT molecular complexity index is 588. The van der Waals surface area contributed by atoms with Crippen LogP contribution in [0.15, 0.2) is 18.2 Å². The molecule has 0 bridgehead atoms. The molecule has 1 aromatic rings. The number of carboxylic acids is 1. The third kappa shape index (κ3) is 4.74. The number of rotatable bonds is 9. The molecular formula is C17H23F2NO4. The molecule has 0 fully saturated rings. The number of ether oxygens (including phenoxy) is 1. The van der Waals surface area contributed by atoms with Crippen molar-refractivity contribution in [3.8, 4) is 0 Å². The van der Waals surface area contributed by atoms with Crippen LogP contribution in [0, 0.1) is 17.0 Å². The number of carboxylic acid groups (broad SMARTS) is 1. The molecule has 0 aliphatic heterocycles. The maximum absolute atomic E-state index is 13.4. The van der Waals surface area contributed by atoms with E-state index in [0.29, 0.717) is 18.4 Å². The summed E-state index contributed by atoms with van der Waals surface area (Å²) in [6.45, 7) is 3.48.